The molecule has 2 amide bonds. The number of esters is 1. The van der Waals surface area contributed by atoms with Crippen LogP contribution in [0, 0.1) is 0 Å². The molecule has 0 spiro atoms. The molecular formula is C15H15N3O7S. The Balaban J connectivity index is 1.89. The molecule has 0 bridgehead atoms. The molecule has 0 aliphatic rings. The lowest BCUT2D eigenvalue weighted by molar-refractivity contribution is -0.119. The average Bonchev–Trinajstić information content (AvgIpc) is 3.10. The lowest BCUT2D eigenvalue weighted by Crippen LogP contribution is -2.21. The molecule has 2 aromatic rings. The predicted molar refractivity (Wildman–Crippen MR) is 88.8 cm³/mol. The van der Waals surface area contributed by atoms with Gasteiger partial charge in [0.1, 0.15) is 0 Å². The summed E-state index contributed by atoms with van der Waals surface area (Å²) >= 11 is 0. The minimum Gasteiger partial charge on any atom is -0.450 e. The van der Waals surface area contributed by atoms with Gasteiger partial charge in [-0.3, -0.25) is 9.59 Å². The monoisotopic (exact) mass is 381 g/mol. The summed E-state index contributed by atoms with van der Waals surface area (Å²) in [6.45, 7) is -0.624. The van der Waals surface area contributed by atoms with Gasteiger partial charge in [0.25, 0.3) is 21.8 Å². The van der Waals surface area contributed by atoms with E-state index < -0.39 is 39.4 Å². The third-order valence-corrected chi connectivity index (χ3v) is 3.84. The van der Waals surface area contributed by atoms with Gasteiger partial charge in [0.2, 0.25) is 10.9 Å². The fourth-order valence-electron chi connectivity index (χ4n) is 1.83. The van der Waals surface area contributed by atoms with Gasteiger partial charge in [-0.25, -0.2) is 18.4 Å². The molecular weight excluding hydrogens is 366 g/mol. The van der Waals surface area contributed by atoms with Crippen LogP contribution in [0.4, 0.5) is 5.69 Å². The quantitative estimate of drug-likeness (QED) is 0.598. The summed E-state index contributed by atoms with van der Waals surface area (Å²) in [6, 6.07) is 8.11. The summed E-state index contributed by atoms with van der Waals surface area (Å²) in [5, 5.41) is 9.19. The number of hydrogen-bond acceptors (Lipinski definition) is 7. The number of benzene rings is 1. The Morgan fingerprint density at radius 2 is 1.77 bits per heavy atom. The molecule has 1 aromatic heterocycles. The second kappa shape index (κ2) is 7.80. The number of primary sulfonamides is 1. The molecule has 10 nitrogen and oxygen atoms in total. The van der Waals surface area contributed by atoms with E-state index in [2.05, 4.69) is 10.6 Å². The van der Waals surface area contributed by atoms with Crippen molar-refractivity contribution in [2.75, 3.05) is 19.0 Å². The number of nitrogens with two attached hydrogens (primary N) is 1. The van der Waals surface area contributed by atoms with Gasteiger partial charge in [0, 0.05) is 18.3 Å². The SMILES string of the molecule is CNC(=O)c1ccc(NC(=O)COC(=O)c2ccc(S(N)(=O)=O)o2)cc1. The first-order chi connectivity index (χ1) is 12.2. The number of rotatable bonds is 6. The highest BCUT2D eigenvalue weighted by Gasteiger charge is 2.19. The van der Waals surface area contributed by atoms with Crippen molar-refractivity contribution in [2.45, 2.75) is 5.09 Å². The first-order valence-corrected chi connectivity index (χ1v) is 8.67. The number of carbonyl (C=O) groups is 3. The van der Waals surface area contributed by atoms with E-state index in [9.17, 15) is 22.8 Å². The number of hydrogen-bond donors (Lipinski definition) is 3. The molecule has 0 aliphatic heterocycles. The molecule has 0 saturated heterocycles. The Bertz CT molecular complexity index is 932. The van der Waals surface area contributed by atoms with E-state index in [0.717, 1.165) is 12.1 Å². The molecule has 1 heterocycles. The molecule has 138 valence electrons. The van der Waals surface area contributed by atoms with Crippen LogP contribution < -0.4 is 15.8 Å². The molecule has 0 aliphatic carbocycles. The van der Waals surface area contributed by atoms with E-state index in [1.807, 2.05) is 0 Å². The number of ether oxygens (including phenoxy) is 1. The predicted octanol–water partition coefficient (Wildman–Crippen LogP) is 0.0821. The highest BCUT2D eigenvalue weighted by atomic mass is 32.2. The van der Waals surface area contributed by atoms with E-state index in [-0.39, 0.29) is 5.91 Å². The molecule has 0 atom stereocenters. The van der Waals surface area contributed by atoms with Crippen LogP contribution in [0.1, 0.15) is 20.9 Å². The zero-order chi connectivity index (χ0) is 19.3. The van der Waals surface area contributed by atoms with Crippen LogP contribution in [0.3, 0.4) is 0 Å². The highest BCUT2D eigenvalue weighted by Crippen LogP contribution is 2.13. The second-order valence-corrected chi connectivity index (χ2v) is 6.44. The second-order valence-electron chi connectivity index (χ2n) is 4.94. The number of sulfonamides is 1. The smallest absolute Gasteiger partial charge is 0.374 e. The van der Waals surface area contributed by atoms with Crippen LogP contribution in [0.5, 0.6) is 0 Å². The summed E-state index contributed by atoms with van der Waals surface area (Å²) in [4.78, 5) is 34.9. The fourth-order valence-corrected chi connectivity index (χ4v) is 2.29. The molecule has 0 radical (unpaired) electrons. The first-order valence-electron chi connectivity index (χ1n) is 7.12. The number of furan rings is 1. The fraction of sp³-hybridized carbons (Fsp3) is 0.133. The van der Waals surface area contributed by atoms with E-state index >= 15 is 0 Å². The Kier molecular flexibility index (Phi) is 5.75. The van der Waals surface area contributed by atoms with Gasteiger partial charge >= 0.3 is 5.97 Å². The van der Waals surface area contributed by atoms with Gasteiger partial charge in [-0.15, -0.1) is 0 Å². The van der Waals surface area contributed by atoms with Crippen molar-refractivity contribution in [3.8, 4) is 0 Å². The Labute approximate surface area is 148 Å². The topological polar surface area (TPSA) is 158 Å². The summed E-state index contributed by atoms with van der Waals surface area (Å²) in [5.41, 5.74) is 0.814. The zero-order valence-corrected chi connectivity index (χ0v) is 14.3. The van der Waals surface area contributed by atoms with Crippen molar-refractivity contribution in [1.29, 1.82) is 0 Å². The van der Waals surface area contributed by atoms with Crippen molar-refractivity contribution in [3.05, 3.63) is 47.7 Å². The van der Waals surface area contributed by atoms with E-state index in [0.29, 0.717) is 11.3 Å². The summed E-state index contributed by atoms with van der Waals surface area (Å²) < 4.78 is 31.6. The van der Waals surface area contributed by atoms with Gasteiger partial charge < -0.3 is 19.8 Å². The molecule has 26 heavy (non-hydrogen) atoms. The third-order valence-electron chi connectivity index (χ3n) is 3.06. The first kappa shape index (κ1) is 19.1. The Morgan fingerprint density at radius 3 is 2.31 bits per heavy atom. The number of nitrogens with one attached hydrogen (secondary N) is 2. The maximum absolute atomic E-state index is 11.8. The maximum Gasteiger partial charge on any atom is 0.374 e. The summed E-state index contributed by atoms with van der Waals surface area (Å²) in [6.07, 6.45) is 0. The lowest BCUT2D eigenvalue weighted by Gasteiger charge is -2.06. The van der Waals surface area contributed by atoms with Crippen molar-refractivity contribution in [1.82, 2.24) is 5.32 Å². The molecule has 11 heteroatoms. The molecule has 4 N–H and O–H groups in total. The van der Waals surface area contributed by atoms with Crippen molar-refractivity contribution in [2.24, 2.45) is 5.14 Å². The number of carbonyl (C=O) groups excluding carboxylic acids is 3. The van der Waals surface area contributed by atoms with Crippen LogP contribution in [-0.2, 0) is 19.6 Å². The minimum atomic E-state index is -4.08. The van der Waals surface area contributed by atoms with Gasteiger partial charge in [-0.2, -0.15) is 0 Å². The van der Waals surface area contributed by atoms with Crippen LogP contribution in [0.15, 0.2) is 45.9 Å². The Hall–Kier alpha value is -3.18. The van der Waals surface area contributed by atoms with Crippen LogP contribution in [0.2, 0.25) is 0 Å². The number of amides is 2. The van der Waals surface area contributed by atoms with E-state index in [1.165, 1.54) is 31.3 Å². The van der Waals surface area contributed by atoms with Gasteiger partial charge in [0.05, 0.1) is 0 Å². The van der Waals surface area contributed by atoms with Crippen LogP contribution >= 0.6 is 0 Å². The standard InChI is InChI=1S/C15H15N3O7S/c1-17-14(20)9-2-4-10(5-3-9)18-12(19)8-24-15(21)11-6-7-13(25-11)26(16,22)23/h2-7H,8H2,1H3,(H,17,20)(H,18,19)(H2,16,22,23). The normalized spacial score (nSPS) is 10.8. The molecule has 0 saturated carbocycles. The van der Waals surface area contributed by atoms with Gasteiger partial charge in [0.15, 0.2) is 6.61 Å². The molecule has 2 rings (SSSR count). The van der Waals surface area contributed by atoms with Gasteiger partial charge in [-0.05, 0) is 36.4 Å². The minimum absolute atomic E-state index is 0.269. The highest BCUT2D eigenvalue weighted by molar-refractivity contribution is 7.89. The molecule has 1 aromatic carbocycles. The average molecular weight is 381 g/mol. The lowest BCUT2D eigenvalue weighted by atomic mass is 10.2. The van der Waals surface area contributed by atoms with Crippen LogP contribution in [0.25, 0.3) is 0 Å². The van der Waals surface area contributed by atoms with Crippen molar-refractivity contribution >= 4 is 33.5 Å². The third kappa shape index (κ3) is 4.91. The Morgan fingerprint density at radius 1 is 1.12 bits per heavy atom. The summed E-state index contributed by atoms with van der Waals surface area (Å²) in [7, 11) is -2.58. The van der Waals surface area contributed by atoms with Crippen LogP contribution in [-0.4, -0.2) is 39.9 Å². The maximum atomic E-state index is 11.8. The number of anilines is 1. The van der Waals surface area contributed by atoms with E-state index in [4.69, 9.17) is 14.3 Å². The van der Waals surface area contributed by atoms with Gasteiger partial charge in [-0.1, -0.05) is 0 Å². The van der Waals surface area contributed by atoms with E-state index in [1.54, 1.807) is 0 Å². The van der Waals surface area contributed by atoms with Crippen molar-refractivity contribution in [3.63, 3.8) is 0 Å². The largest absolute Gasteiger partial charge is 0.450 e. The molecule has 0 fully saturated rings. The summed E-state index contributed by atoms with van der Waals surface area (Å²) in [5.74, 6) is -2.33. The van der Waals surface area contributed by atoms with Crippen molar-refractivity contribution < 1.29 is 32.0 Å². The zero-order valence-electron chi connectivity index (χ0n) is 13.5. The molecule has 0 unspecified atom stereocenters.